The molecule has 1 saturated carbocycles. The summed E-state index contributed by atoms with van der Waals surface area (Å²) in [7, 11) is 0. The van der Waals surface area contributed by atoms with E-state index >= 15 is 0 Å². The van der Waals surface area contributed by atoms with Crippen molar-refractivity contribution in [1.29, 1.82) is 0 Å². The Morgan fingerprint density at radius 2 is 1.74 bits per heavy atom. The first-order valence-corrected chi connectivity index (χ1v) is 5.65. The molecule has 100 valence electrons. The van der Waals surface area contributed by atoms with Gasteiger partial charge in [0, 0.05) is 11.3 Å². The summed E-state index contributed by atoms with van der Waals surface area (Å²) < 4.78 is 0. The van der Waals surface area contributed by atoms with E-state index in [1.165, 1.54) is 24.3 Å². The number of hydrogen-bond donors (Lipinski definition) is 4. The van der Waals surface area contributed by atoms with Gasteiger partial charge in [-0.2, -0.15) is 0 Å². The molecule has 19 heavy (non-hydrogen) atoms. The number of amides is 3. The minimum absolute atomic E-state index is 0.322. The Hall–Kier alpha value is -2.57. The van der Waals surface area contributed by atoms with Crippen LogP contribution >= 0.6 is 0 Å². The predicted octanol–water partition coefficient (Wildman–Crippen LogP) is 0.524. The van der Waals surface area contributed by atoms with Gasteiger partial charge in [0.1, 0.15) is 5.54 Å². The van der Waals surface area contributed by atoms with Gasteiger partial charge in [-0.05, 0) is 37.1 Å². The number of carboxylic acid groups (broad SMARTS) is 1. The minimum Gasteiger partial charge on any atom is -0.480 e. The van der Waals surface area contributed by atoms with E-state index in [-0.39, 0.29) is 0 Å². The normalized spacial score (nSPS) is 15.4. The van der Waals surface area contributed by atoms with Crippen LogP contribution < -0.4 is 16.4 Å². The number of carbonyl (C=O) groups is 3. The Morgan fingerprint density at radius 3 is 2.16 bits per heavy atom. The largest absolute Gasteiger partial charge is 0.480 e. The van der Waals surface area contributed by atoms with E-state index in [2.05, 4.69) is 10.6 Å². The maximum atomic E-state index is 11.9. The molecule has 1 aliphatic rings. The van der Waals surface area contributed by atoms with Crippen LogP contribution in [0.15, 0.2) is 24.3 Å². The van der Waals surface area contributed by atoms with Crippen LogP contribution in [0.5, 0.6) is 0 Å². The van der Waals surface area contributed by atoms with Crippen molar-refractivity contribution in [3.8, 4) is 0 Å². The third kappa shape index (κ3) is 2.82. The summed E-state index contributed by atoms with van der Waals surface area (Å²) in [6.07, 6.45) is 0.880. The van der Waals surface area contributed by atoms with E-state index in [1.54, 1.807) is 0 Å². The molecule has 0 aromatic heterocycles. The molecule has 0 atom stereocenters. The first kappa shape index (κ1) is 12.9. The van der Waals surface area contributed by atoms with Gasteiger partial charge in [0.25, 0.3) is 5.91 Å². The molecule has 0 aliphatic heterocycles. The lowest BCUT2D eigenvalue weighted by molar-refractivity contribution is -0.140. The van der Waals surface area contributed by atoms with Gasteiger partial charge in [-0.1, -0.05) is 0 Å². The summed E-state index contributed by atoms with van der Waals surface area (Å²) in [6.45, 7) is 0. The summed E-state index contributed by atoms with van der Waals surface area (Å²) in [5.41, 5.74) is 4.63. The summed E-state index contributed by atoms with van der Waals surface area (Å²) in [5, 5.41) is 13.8. The highest BCUT2D eigenvalue weighted by atomic mass is 16.4. The number of nitrogens with two attached hydrogens (primary N) is 1. The number of nitrogens with one attached hydrogen (secondary N) is 2. The Balaban J connectivity index is 2.04. The summed E-state index contributed by atoms with van der Waals surface area (Å²) in [4.78, 5) is 33.4. The van der Waals surface area contributed by atoms with Gasteiger partial charge in [-0.3, -0.25) is 4.79 Å². The summed E-state index contributed by atoms with van der Waals surface area (Å²) in [5.74, 6) is -1.47. The molecule has 0 bridgehead atoms. The zero-order chi connectivity index (χ0) is 14.0. The monoisotopic (exact) mass is 263 g/mol. The second kappa shape index (κ2) is 4.60. The number of primary amides is 1. The van der Waals surface area contributed by atoms with E-state index in [9.17, 15) is 14.4 Å². The highest BCUT2D eigenvalue weighted by molar-refractivity contribution is 5.99. The zero-order valence-electron chi connectivity index (χ0n) is 9.97. The molecule has 0 unspecified atom stereocenters. The predicted molar refractivity (Wildman–Crippen MR) is 66.7 cm³/mol. The average Bonchev–Trinajstić information content (AvgIpc) is 3.10. The zero-order valence-corrected chi connectivity index (χ0v) is 9.97. The van der Waals surface area contributed by atoms with Crippen molar-refractivity contribution >= 4 is 23.6 Å². The molecule has 1 aromatic carbocycles. The van der Waals surface area contributed by atoms with Gasteiger partial charge in [0.05, 0.1) is 0 Å². The number of aliphatic carboxylic acids is 1. The fraction of sp³-hybridized carbons (Fsp3) is 0.250. The van der Waals surface area contributed by atoms with Crippen molar-refractivity contribution in [2.24, 2.45) is 5.73 Å². The lowest BCUT2D eigenvalue weighted by Crippen LogP contribution is -2.43. The van der Waals surface area contributed by atoms with Gasteiger partial charge in [-0.25, -0.2) is 9.59 Å². The fourth-order valence-corrected chi connectivity index (χ4v) is 1.65. The van der Waals surface area contributed by atoms with Crippen LogP contribution in [-0.2, 0) is 4.79 Å². The molecule has 7 nitrogen and oxygen atoms in total. The van der Waals surface area contributed by atoms with Gasteiger partial charge in [-0.15, -0.1) is 0 Å². The number of anilines is 1. The van der Waals surface area contributed by atoms with Crippen LogP contribution in [0.2, 0.25) is 0 Å². The van der Waals surface area contributed by atoms with Crippen molar-refractivity contribution in [3.05, 3.63) is 29.8 Å². The van der Waals surface area contributed by atoms with Crippen molar-refractivity contribution in [3.63, 3.8) is 0 Å². The summed E-state index contributed by atoms with van der Waals surface area (Å²) in [6, 6.07) is 5.30. The summed E-state index contributed by atoms with van der Waals surface area (Å²) >= 11 is 0. The SMILES string of the molecule is NC(=O)Nc1ccc(C(=O)NC2(C(=O)O)CC2)cc1. The van der Waals surface area contributed by atoms with E-state index < -0.39 is 23.4 Å². The molecular formula is C12H13N3O4. The standard InChI is InChI=1S/C12H13N3O4/c13-11(19)14-8-3-1-7(2-4-8)9(16)15-12(5-6-12)10(17)18/h1-4H,5-6H2,(H,15,16)(H,17,18)(H3,13,14,19). The molecule has 5 N–H and O–H groups in total. The number of carboxylic acids is 1. The van der Waals surface area contributed by atoms with Crippen LogP contribution in [-0.4, -0.2) is 28.6 Å². The minimum atomic E-state index is -1.11. The second-order valence-electron chi connectivity index (χ2n) is 4.41. The topological polar surface area (TPSA) is 122 Å². The van der Waals surface area contributed by atoms with Gasteiger partial charge in [0.2, 0.25) is 0 Å². The van der Waals surface area contributed by atoms with Crippen LogP contribution in [0, 0.1) is 0 Å². The third-order valence-corrected chi connectivity index (χ3v) is 2.93. The second-order valence-corrected chi connectivity index (χ2v) is 4.41. The van der Waals surface area contributed by atoms with Crippen LogP contribution in [0.25, 0.3) is 0 Å². The van der Waals surface area contributed by atoms with Gasteiger partial charge < -0.3 is 21.5 Å². The van der Waals surface area contributed by atoms with Gasteiger partial charge in [0.15, 0.2) is 0 Å². The first-order valence-electron chi connectivity index (χ1n) is 5.65. The van der Waals surface area contributed by atoms with Crippen molar-refractivity contribution in [2.45, 2.75) is 18.4 Å². The average molecular weight is 263 g/mol. The Morgan fingerprint density at radius 1 is 1.16 bits per heavy atom. The lowest BCUT2D eigenvalue weighted by atomic mass is 10.1. The molecule has 3 amide bonds. The molecule has 0 spiro atoms. The maximum Gasteiger partial charge on any atom is 0.329 e. The molecule has 1 fully saturated rings. The molecule has 7 heteroatoms. The maximum absolute atomic E-state index is 11.9. The highest BCUT2D eigenvalue weighted by Gasteiger charge is 2.51. The Labute approximate surface area is 108 Å². The number of carbonyl (C=O) groups excluding carboxylic acids is 2. The Bertz CT molecular complexity index is 534. The fourth-order valence-electron chi connectivity index (χ4n) is 1.65. The van der Waals surface area contributed by atoms with Crippen LogP contribution in [0.3, 0.4) is 0 Å². The number of benzene rings is 1. The number of rotatable bonds is 4. The number of urea groups is 1. The van der Waals surface area contributed by atoms with Crippen molar-refractivity contribution in [2.75, 3.05) is 5.32 Å². The third-order valence-electron chi connectivity index (χ3n) is 2.93. The molecule has 0 saturated heterocycles. The molecule has 0 radical (unpaired) electrons. The molecule has 1 aromatic rings. The van der Waals surface area contributed by atoms with Crippen LogP contribution in [0.1, 0.15) is 23.2 Å². The van der Waals surface area contributed by atoms with E-state index in [0.717, 1.165) is 0 Å². The Kier molecular flexibility index (Phi) is 3.12. The van der Waals surface area contributed by atoms with Crippen molar-refractivity contribution < 1.29 is 19.5 Å². The molecular weight excluding hydrogens is 250 g/mol. The van der Waals surface area contributed by atoms with Crippen LogP contribution in [0.4, 0.5) is 10.5 Å². The molecule has 2 rings (SSSR count). The van der Waals surface area contributed by atoms with E-state index in [1.807, 2.05) is 0 Å². The van der Waals surface area contributed by atoms with Gasteiger partial charge >= 0.3 is 12.0 Å². The molecule has 1 aliphatic carbocycles. The van der Waals surface area contributed by atoms with Crippen molar-refractivity contribution in [1.82, 2.24) is 5.32 Å². The first-order chi connectivity index (χ1) is 8.93. The lowest BCUT2D eigenvalue weighted by Gasteiger charge is -2.12. The quantitative estimate of drug-likeness (QED) is 0.632. The molecule has 0 heterocycles. The van der Waals surface area contributed by atoms with E-state index in [4.69, 9.17) is 10.8 Å². The highest BCUT2D eigenvalue weighted by Crippen LogP contribution is 2.35. The van der Waals surface area contributed by atoms with E-state index in [0.29, 0.717) is 24.1 Å². The smallest absolute Gasteiger partial charge is 0.329 e. The number of hydrogen-bond acceptors (Lipinski definition) is 3.